The summed E-state index contributed by atoms with van der Waals surface area (Å²) in [6.07, 6.45) is 10.0. The highest BCUT2D eigenvalue weighted by Crippen LogP contribution is 2.36. The smallest absolute Gasteiger partial charge is 0.282 e. The van der Waals surface area contributed by atoms with Crippen LogP contribution in [0.4, 0.5) is 0 Å². The first-order valence-electron chi connectivity index (χ1n) is 11.3. The Labute approximate surface area is 190 Å². The molecule has 6 nitrogen and oxygen atoms in total. The molecule has 1 aliphatic carbocycles. The Morgan fingerprint density at radius 1 is 0.909 bits per heavy atom. The molecule has 0 amide bonds. The van der Waals surface area contributed by atoms with E-state index in [0.717, 1.165) is 64.0 Å². The number of rotatable bonds is 3. The maximum absolute atomic E-state index is 13.8. The molecule has 6 rings (SSSR count). The number of fused-ring (bicyclic) bond motifs is 2. The van der Waals surface area contributed by atoms with Crippen molar-refractivity contribution < 1.29 is 0 Å². The van der Waals surface area contributed by atoms with Crippen molar-refractivity contribution in [2.24, 2.45) is 0 Å². The molecular formula is C27H23N5O. The van der Waals surface area contributed by atoms with Gasteiger partial charge in [0.25, 0.3) is 5.56 Å². The molecule has 33 heavy (non-hydrogen) atoms. The Morgan fingerprint density at radius 3 is 2.52 bits per heavy atom. The molecule has 0 unspecified atom stereocenters. The van der Waals surface area contributed by atoms with Crippen molar-refractivity contribution in [3.8, 4) is 22.4 Å². The third kappa shape index (κ3) is 3.26. The quantitative estimate of drug-likeness (QED) is 0.404. The van der Waals surface area contributed by atoms with Crippen LogP contribution in [0.1, 0.15) is 36.9 Å². The van der Waals surface area contributed by atoms with E-state index >= 15 is 0 Å². The highest BCUT2D eigenvalue weighted by Gasteiger charge is 2.23. The van der Waals surface area contributed by atoms with Crippen molar-refractivity contribution >= 4 is 22.3 Å². The third-order valence-corrected chi connectivity index (χ3v) is 6.39. The molecule has 6 heteroatoms. The predicted octanol–water partition coefficient (Wildman–Crippen LogP) is 5.57. The summed E-state index contributed by atoms with van der Waals surface area (Å²) in [5.41, 5.74) is 8.55. The first kappa shape index (κ1) is 19.6. The van der Waals surface area contributed by atoms with Gasteiger partial charge in [-0.25, -0.2) is 0 Å². The second-order valence-electron chi connectivity index (χ2n) is 8.52. The van der Waals surface area contributed by atoms with Crippen molar-refractivity contribution in [1.29, 1.82) is 0 Å². The molecule has 2 aromatic carbocycles. The first-order valence-corrected chi connectivity index (χ1v) is 11.3. The van der Waals surface area contributed by atoms with Crippen molar-refractivity contribution in [1.82, 2.24) is 24.6 Å². The largest absolute Gasteiger partial charge is 0.343 e. The minimum Gasteiger partial charge on any atom is -0.343 e. The van der Waals surface area contributed by atoms with Crippen LogP contribution in [0.15, 0.2) is 71.8 Å². The fourth-order valence-corrected chi connectivity index (χ4v) is 4.81. The summed E-state index contributed by atoms with van der Waals surface area (Å²) in [6.45, 7) is 1.95. The fourth-order valence-electron chi connectivity index (χ4n) is 4.81. The van der Waals surface area contributed by atoms with Crippen LogP contribution in [-0.2, 0) is 0 Å². The molecule has 0 spiro atoms. The van der Waals surface area contributed by atoms with Crippen LogP contribution in [0.25, 0.3) is 44.6 Å². The van der Waals surface area contributed by atoms with Gasteiger partial charge in [0.15, 0.2) is 0 Å². The molecule has 0 saturated carbocycles. The Bertz CT molecular complexity index is 1590. The van der Waals surface area contributed by atoms with Gasteiger partial charge < -0.3 is 4.98 Å². The lowest BCUT2D eigenvalue weighted by atomic mass is 9.92. The molecule has 162 valence electrons. The van der Waals surface area contributed by atoms with Gasteiger partial charge in [-0.2, -0.15) is 9.61 Å². The normalized spacial score (nSPS) is 14.0. The summed E-state index contributed by atoms with van der Waals surface area (Å²) in [7, 11) is 0. The summed E-state index contributed by atoms with van der Waals surface area (Å²) in [6, 6.07) is 15.8. The highest BCUT2D eigenvalue weighted by molar-refractivity contribution is 5.88. The van der Waals surface area contributed by atoms with E-state index in [1.54, 1.807) is 12.4 Å². The van der Waals surface area contributed by atoms with Crippen LogP contribution in [-0.4, -0.2) is 24.6 Å². The van der Waals surface area contributed by atoms with Gasteiger partial charge in [0.05, 0.1) is 16.6 Å². The highest BCUT2D eigenvalue weighted by atomic mass is 16.1. The van der Waals surface area contributed by atoms with Crippen molar-refractivity contribution in [3.63, 3.8) is 0 Å². The zero-order valence-corrected chi connectivity index (χ0v) is 18.4. The van der Waals surface area contributed by atoms with Crippen LogP contribution >= 0.6 is 0 Å². The molecule has 1 aliphatic rings. The number of allylic oxidation sites excluding steroid dienone is 2. The zero-order chi connectivity index (χ0) is 22.4. The Morgan fingerprint density at radius 2 is 1.73 bits per heavy atom. The zero-order valence-electron chi connectivity index (χ0n) is 18.4. The lowest BCUT2D eigenvalue weighted by molar-refractivity contribution is 0.742. The van der Waals surface area contributed by atoms with E-state index in [0.29, 0.717) is 5.56 Å². The number of nitrogens with zero attached hydrogens (tertiary/aromatic N) is 4. The van der Waals surface area contributed by atoms with E-state index in [1.807, 2.05) is 43.3 Å². The second-order valence-corrected chi connectivity index (χ2v) is 8.52. The molecule has 0 atom stereocenters. The summed E-state index contributed by atoms with van der Waals surface area (Å²) in [5, 5.41) is 4.85. The molecule has 0 fully saturated rings. The average molecular weight is 434 g/mol. The van der Waals surface area contributed by atoms with Gasteiger partial charge in [0.1, 0.15) is 11.3 Å². The Hall–Kier alpha value is -4.06. The van der Waals surface area contributed by atoms with Crippen molar-refractivity contribution in [2.45, 2.75) is 32.6 Å². The number of nitrogens with one attached hydrogen (secondary N) is 1. The number of aromatic nitrogens is 5. The Balaban J connectivity index is 1.63. The van der Waals surface area contributed by atoms with Crippen LogP contribution in [0, 0.1) is 6.92 Å². The summed E-state index contributed by atoms with van der Waals surface area (Å²) in [4.78, 5) is 26.1. The standard InChI is InChI=1S/C27H23N5O/c1-17-23(20-12-13-21-22(16-20)29-15-14-28-21)27(33)32-26(30-17)24(18-8-4-2-5-9-18)25(31-32)19-10-6-3-7-11-19/h3,6-8,10-16,30H,2,4-5,9H2,1H3. The van der Waals surface area contributed by atoms with E-state index in [1.165, 1.54) is 16.5 Å². The average Bonchev–Trinajstić information content (AvgIpc) is 3.24. The molecule has 5 aromatic rings. The maximum Gasteiger partial charge on any atom is 0.282 e. The summed E-state index contributed by atoms with van der Waals surface area (Å²) in [5.74, 6) is 0. The van der Waals surface area contributed by atoms with Gasteiger partial charge in [0, 0.05) is 29.2 Å². The second kappa shape index (κ2) is 7.81. The van der Waals surface area contributed by atoms with Gasteiger partial charge in [-0.1, -0.05) is 42.5 Å². The first-order chi connectivity index (χ1) is 16.2. The monoisotopic (exact) mass is 433 g/mol. The number of aryl methyl sites for hydroxylation is 1. The van der Waals surface area contributed by atoms with Gasteiger partial charge in [-0.05, 0) is 55.9 Å². The molecule has 0 saturated heterocycles. The van der Waals surface area contributed by atoms with Gasteiger partial charge in [0.2, 0.25) is 0 Å². The third-order valence-electron chi connectivity index (χ3n) is 6.39. The molecule has 0 aliphatic heterocycles. The number of benzene rings is 2. The van der Waals surface area contributed by atoms with Crippen LogP contribution in [0.3, 0.4) is 0 Å². The lowest BCUT2D eigenvalue weighted by Crippen LogP contribution is -2.19. The van der Waals surface area contributed by atoms with E-state index < -0.39 is 0 Å². The van der Waals surface area contributed by atoms with Gasteiger partial charge in [-0.15, -0.1) is 0 Å². The summed E-state index contributed by atoms with van der Waals surface area (Å²) < 4.78 is 1.54. The van der Waals surface area contributed by atoms with Gasteiger partial charge in [-0.3, -0.25) is 14.8 Å². The molecule has 1 N–H and O–H groups in total. The van der Waals surface area contributed by atoms with Crippen molar-refractivity contribution in [2.75, 3.05) is 0 Å². The lowest BCUT2D eigenvalue weighted by Gasteiger charge is -2.14. The van der Waals surface area contributed by atoms with Crippen LogP contribution < -0.4 is 5.56 Å². The van der Waals surface area contributed by atoms with Crippen LogP contribution in [0.5, 0.6) is 0 Å². The minimum absolute atomic E-state index is 0.135. The predicted molar refractivity (Wildman–Crippen MR) is 131 cm³/mol. The van der Waals surface area contributed by atoms with Crippen LogP contribution in [0.2, 0.25) is 0 Å². The fraction of sp³-hybridized carbons (Fsp3) is 0.185. The molecular weight excluding hydrogens is 410 g/mol. The van der Waals surface area contributed by atoms with E-state index in [-0.39, 0.29) is 5.56 Å². The maximum atomic E-state index is 13.8. The summed E-state index contributed by atoms with van der Waals surface area (Å²) >= 11 is 0. The molecule has 0 bridgehead atoms. The van der Waals surface area contributed by atoms with Crippen molar-refractivity contribution in [3.05, 3.63) is 88.6 Å². The van der Waals surface area contributed by atoms with Gasteiger partial charge >= 0.3 is 0 Å². The number of hydrogen-bond acceptors (Lipinski definition) is 4. The SMILES string of the molecule is Cc1[nH]c2c(C3=CCCCC3)c(-c3ccccc3)nn2c(=O)c1-c1ccc2nccnc2c1. The molecule has 3 aromatic heterocycles. The topological polar surface area (TPSA) is 75.9 Å². The number of aromatic amines is 1. The number of H-pyrrole nitrogens is 1. The minimum atomic E-state index is -0.135. The molecule has 3 heterocycles. The molecule has 0 radical (unpaired) electrons. The Kier molecular flexibility index (Phi) is 4.64. The van der Waals surface area contributed by atoms with E-state index in [4.69, 9.17) is 5.10 Å². The van der Waals surface area contributed by atoms with E-state index in [2.05, 4.69) is 33.2 Å². The number of hydrogen-bond donors (Lipinski definition) is 1. The van der Waals surface area contributed by atoms with E-state index in [9.17, 15) is 4.79 Å².